The van der Waals surface area contributed by atoms with Gasteiger partial charge in [-0.15, -0.1) is 15.3 Å². The van der Waals surface area contributed by atoms with Gasteiger partial charge in [0.15, 0.2) is 0 Å². The highest BCUT2D eigenvalue weighted by molar-refractivity contribution is 7.86. The Morgan fingerprint density at radius 1 is 0.926 bits per heavy atom. The van der Waals surface area contributed by atoms with Crippen molar-refractivity contribution in [3.05, 3.63) is 60.2 Å². The Morgan fingerprint density at radius 2 is 1.56 bits per heavy atom. The number of rotatable bonds is 4. The molecule has 0 spiro atoms. The van der Waals surface area contributed by atoms with Crippen molar-refractivity contribution in [3.8, 4) is 6.07 Å². The topological polar surface area (TPSA) is 154 Å². The second-order valence-corrected chi connectivity index (χ2v) is 6.70. The van der Waals surface area contributed by atoms with Crippen LogP contribution in [0.2, 0.25) is 0 Å². The third-order valence-corrected chi connectivity index (χ3v) is 4.58. The van der Waals surface area contributed by atoms with E-state index < -0.39 is 10.1 Å². The summed E-state index contributed by atoms with van der Waals surface area (Å²) in [7, 11) is -4.54. The van der Waals surface area contributed by atoms with Crippen molar-refractivity contribution in [2.45, 2.75) is 4.90 Å². The van der Waals surface area contributed by atoms with E-state index in [0.717, 1.165) is 6.07 Å². The third-order valence-electron chi connectivity index (χ3n) is 3.68. The van der Waals surface area contributed by atoms with E-state index in [2.05, 4.69) is 20.6 Å². The van der Waals surface area contributed by atoms with Gasteiger partial charge < -0.3 is 5.84 Å². The highest BCUT2D eigenvalue weighted by Crippen LogP contribution is 2.40. The maximum absolute atomic E-state index is 11.8. The lowest BCUT2D eigenvalue weighted by atomic mass is 10.1. The fourth-order valence-corrected chi connectivity index (χ4v) is 3.24. The van der Waals surface area contributed by atoms with Crippen molar-refractivity contribution >= 4 is 38.0 Å². The van der Waals surface area contributed by atoms with Crippen LogP contribution >= 0.6 is 0 Å². The van der Waals surface area contributed by atoms with Gasteiger partial charge in [-0.05, 0) is 18.2 Å². The van der Waals surface area contributed by atoms with Crippen LogP contribution in [0.25, 0.3) is 10.8 Å². The summed E-state index contributed by atoms with van der Waals surface area (Å²) in [5.41, 5.74) is 0.776. The quantitative estimate of drug-likeness (QED) is 0.298. The average molecular weight is 380 g/mol. The van der Waals surface area contributed by atoms with Crippen molar-refractivity contribution in [2.75, 3.05) is 0 Å². The fourth-order valence-electron chi connectivity index (χ4n) is 2.53. The van der Waals surface area contributed by atoms with E-state index in [0.29, 0.717) is 10.9 Å². The Balaban J connectivity index is 2.30. The normalized spacial score (nSPS) is 12.0. The lowest BCUT2D eigenvalue weighted by Crippen LogP contribution is -1.99. The molecule has 0 amide bonds. The Labute approximate surface area is 154 Å². The molecule has 0 saturated heterocycles. The number of benzene rings is 3. The standard InChI is InChI=1S/C17H12N6O3S/c18-10-11-5-1-4-8-14(11)20-21-15-9-16(27(24,25)26)12-6-2-3-7-13(12)17(15)22-23-19/h1-9H,(H2,19,22)(H,24,25,26)/b21-20+. The minimum Gasteiger partial charge on any atom is -0.305 e. The first-order chi connectivity index (χ1) is 13.0. The Bertz CT molecular complexity index is 1230. The Morgan fingerprint density at radius 3 is 2.22 bits per heavy atom. The SMILES string of the molecule is N#Cc1ccccc1/N=N/c1cc(S(=O)(=O)O)c2ccccc2c1N=NN. The van der Waals surface area contributed by atoms with Crippen LogP contribution in [0.4, 0.5) is 17.1 Å². The van der Waals surface area contributed by atoms with Crippen LogP contribution in [-0.2, 0) is 10.1 Å². The summed E-state index contributed by atoms with van der Waals surface area (Å²) in [6.45, 7) is 0. The van der Waals surface area contributed by atoms with Crippen LogP contribution in [0.1, 0.15) is 5.56 Å². The van der Waals surface area contributed by atoms with Crippen molar-refractivity contribution in [3.63, 3.8) is 0 Å². The molecule has 10 heteroatoms. The molecule has 3 aromatic rings. The highest BCUT2D eigenvalue weighted by Gasteiger charge is 2.19. The summed E-state index contributed by atoms with van der Waals surface area (Å²) in [5, 5.41) is 24.8. The average Bonchev–Trinajstić information content (AvgIpc) is 2.66. The van der Waals surface area contributed by atoms with E-state index in [1.165, 1.54) is 6.07 Å². The largest absolute Gasteiger partial charge is 0.305 e. The third kappa shape index (κ3) is 3.64. The molecule has 0 heterocycles. The van der Waals surface area contributed by atoms with Crippen molar-refractivity contribution in [1.29, 1.82) is 5.26 Å². The summed E-state index contributed by atoms with van der Waals surface area (Å²) in [5.74, 6) is 5.17. The number of nitrogens with two attached hydrogens (primary N) is 1. The van der Waals surface area contributed by atoms with E-state index in [1.807, 2.05) is 6.07 Å². The summed E-state index contributed by atoms with van der Waals surface area (Å²) in [6.07, 6.45) is 0. The van der Waals surface area contributed by atoms with E-state index in [1.54, 1.807) is 42.5 Å². The van der Waals surface area contributed by atoms with Gasteiger partial charge in [-0.25, -0.2) is 0 Å². The van der Waals surface area contributed by atoms with Gasteiger partial charge >= 0.3 is 0 Å². The summed E-state index contributed by atoms with van der Waals surface area (Å²) < 4.78 is 33.2. The molecule has 0 aliphatic carbocycles. The first kappa shape index (κ1) is 18.1. The van der Waals surface area contributed by atoms with Crippen molar-refractivity contribution < 1.29 is 13.0 Å². The van der Waals surface area contributed by atoms with Crippen molar-refractivity contribution in [1.82, 2.24) is 0 Å². The van der Waals surface area contributed by atoms with Gasteiger partial charge in [0, 0.05) is 10.8 Å². The summed E-state index contributed by atoms with van der Waals surface area (Å²) >= 11 is 0. The predicted molar refractivity (Wildman–Crippen MR) is 97.8 cm³/mol. The molecule has 0 atom stereocenters. The van der Waals surface area contributed by atoms with Gasteiger partial charge in [-0.3, -0.25) is 4.55 Å². The zero-order chi connectivity index (χ0) is 19.4. The molecule has 3 aromatic carbocycles. The minimum absolute atomic E-state index is 0.0169. The molecular formula is C17H12N6O3S. The smallest absolute Gasteiger partial charge is 0.295 e. The van der Waals surface area contributed by atoms with Gasteiger partial charge in [-0.1, -0.05) is 41.6 Å². The van der Waals surface area contributed by atoms with Crippen LogP contribution in [0, 0.1) is 11.3 Å². The van der Waals surface area contributed by atoms with Crippen LogP contribution in [0.3, 0.4) is 0 Å². The minimum atomic E-state index is -4.54. The molecule has 0 fully saturated rings. The van der Waals surface area contributed by atoms with Gasteiger partial charge in [0.2, 0.25) is 0 Å². The van der Waals surface area contributed by atoms with E-state index >= 15 is 0 Å². The molecule has 0 aromatic heterocycles. The van der Waals surface area contributed by atoms with Crippen LogP contribution in [0.15, 0.2) is 80.1 Å². The molecule has 3 N–H and O–H groups in total. The number of hydrogen-bond donors (Lipinski definition) is 2. The lowest BCUT2D eigenvalue weighted by molar-refractivity contribution is 0.484. The number of hydrogen-bond acceptors (Lipinski definition) is 7. The van der Waals surface area contributed by atoms with Crippen LogP contribution < -0.4 is 5.84 Å². The molecule has 0 radical (unpaired) electrons. The fraction of sp³-hybridized carbons (Fsp3) is 0. The first-order valence-corrected chi connectivity index (χ1v) is 8.94. The van der Waals surface area contributed by atoms with Crippen LogP contribution in [0.5, 0.6) is 0 Å². The highest BCUT2D eigenvalue weighted by atomic mass is 32.2. The van der Waals surface area contributed by atoms with E-state index in [9.17, 15) is 13.0 Å². The monoisotopic (exact) mass is 380 g/mol. The van der Waals surface area contributed by atoms with E-state index in [4.69, 9.17) is 11.1 Å². The van der Waals surface area contributed by atoms with Gasteiger partial charge in [0.05, 0.1) is 5.56 Å². The Kier molecular flexibility index (Phi) is 4.89. The maximum atomic E-state index is 11.8. The first-order valence-electron chi connectivity index (χ1n) is 7.50. The molecule has 0 aliphatic heterocycles. The summed E-state index contributed by atoms with van der Waals surface area (Å²) in [4.78, 5) is -0.350. The zero-order valence-corrected chi connectivity index (χ0v) is 14.5. The molecule has 0 unspecified atom stereocenters. The molecule has 0 saturated carbocycles. The second kappa shape index (κ2) is 7.28. The van der Waals surface area contributed by atoms with Crippen LogP contribution in [-0.4, -0.2) is 13.0 Å². The molecule has 9 nitrogen and oxygen atoms in total. The molecule has 0 aliphatic rings. The molecular weight excluding hydrogens is 368 g/mol. The maximum Gasteiger partial charge on any atom is 0.295 e. The number of nitrogens with zero attached hydrogens (tertiary/aromatic N) is 5. The van der Waals surface area contributed by atoms with Gasteiger partial charge in [0.25, 0.3) is 10.1 Å². The number of nitriles is 1. The molecule has 0 bridgehead atoms. The zero-order valence-electron chi connectivity index (χ0n) is 13.7. The lowest BCUT2D eigenvalue weighted by Gasteiger charge is -2.08. The Hall–Kier alpha value is -3.68. The predicted octanol–water partition coefficient (Wildman–Crippen LogP) is 4.33. The molecule has 3 rings (SSSR count). The van der Waals surface area contributed by atoms with Crippen molar-refractivity contribution in [2.24, 2.45) is 26.4 Å². The number of fused-ring (bicyclic) bond motifs is 1. The second-order valence-electron chi connectivity index (χ2n) is 5.31. The summed E-state index contributed by atoms with van der Waals surface area (Å²) in [6, 6.07) is 16.0. The van der Waals surface area contributed by atoms with Gasteiger partial charge in [-0.2, -0.15) is 13.7 Å². The number of azo groups is 1. The van der Waals surface area contributed by atoms with Gasteiger partial charge in [0.1, 0.15) is 28.0 Å². The van der Waals surface area contributed by atoms with E-state index in [-0.39, 0.29) is 27.3 Å². The molecule has 27 heavy (non-hydrogen) atoms. The molecule has 134 valence electrons.